The Hall–Kier alpha value is -3.81. The van der Waals surface area contributed by atoms with Crippen LogP contribution in [0.15, 0.2) is 61.1 Å². The predicted molar refractivity (Wildman–Crippen MR) is 118 cm³/mol. The molecule has 2 atom stereocenters. The summed E-state index contributed by atoms with van der Waals surface area (Å²) in [7, 11) is 0. The van der Waals surface area contributed by atoms with E-state index in [0.29, 0.717) is 11.3 Å². The third-order valence-electron chi connectivity index (χ3n) is 5.65. The van der Waals surface area contributed by atoms with Gasteiger partial charge < -0.3 is 10.6 Å². The Labute approximate surface area is 179 Å². The molecule has 2 aromatic carbocycles. The Kier molecular flexibility index (Phi) is 5.03. The summed E-state index contributed by atoms with van der Waals surface area (Å²) >= 11 is 0. The molecule has 2 N–H and O–H groups in total. The topological polar surface area (TPSA) is 97.6 Å². The zero-order valence-corrected chi connectivity index (χ0v) is 17.2. The van der Waals surface area contributed by atoms with E-state index in [0.717, 1.165) is 41.7 Å². The summed E-state index contributed by atoms with van der Waals surface area (Å²) in [5.41, 5.74) is 3.95. The molecule has 1 aliphatic rings. The molecule has 8 heteroatoms. The van der Waals surface area contributed by atoms with Gasteiger partial charge in [-0.2, -0.15) is 15.0 Å². The summed E-state index contributed by atoms with van der Waals surface area (Å²) in [4.78, 5) is 23.8. The molecule has 1 aliphatic carbocycles. The molecule has 0 aliphatic heterocycles. The Morgan fingerprint density at radius 1 is 1.03 bits per heavy atom. The minimum Gasteiger partial charge on any atom is -0.364 e. The number of fused-ring (bicyclic) bond motifs is 1. The van der Waals surface area contributed by atoms with Crippen LogP contribution in [-0.2, 0) is 0 Å². The third kappa shape index (κ3) is 3.96. The lowest BCUT2D eigenvalue weighted by Crippen LogP contribution is -2.43. The van der Waals surface area contributed by atoms with E-state index < -0.39 is 0 Å². The van der Waals surface area contributed by atoms with Crippen molar-refractivity contribution in [1.82, 2.24) is 30.3 Å². The van der Waals surface area contributed by atoms with Crippen LogP contribution in [0.5, 0.6) is 0 Å². The Bertz CT molecular complexity index is 1220. The molecule has 1 fully saturated rings. The van der Waals surface area contributed by atoms with E-state index in [1.54, 1.807) is 18.6 Å². The second-order valence-corrected chi connectivity index (χ2v) is 7.84. The molecule has 1 amide bonds. The van der Waals surface area contributed by atoms with Crippen LogP contribution in [0.4, 0.5) is 5.82 Å². The summed E-state index contributed by atoms with van der Waals surface area (Å²) < 4.78 is 0. The van der Waals surface area contributed by atoms with Crippen LogP contribution in [0.2, 0.25) is 0 Å². The van der Waals surface area contributed by atoms with Crippen LogP contribution in [-0.4, -0.2) is 43.0 Å². The van der Waals surface area contributed by atoms with Gasteiger partial charge in [0.2, 0.25) is 0 Å². The average molecular weight is 413 g/mol. The Morgan fingerprint density at radius 2 is 1.81 bits per heavy atom. The van der Waals surface area contributed by atoms with Gasteiger partial charge in [-0.1, -0.05) is 23.8 Å². The first-order valence-corrected chi connectivity index (χ1v) is 10.4. The zero-order valence-electron chi connectivity index (χ0n) is 17.2. The van der Waals surface area contributed by atoms with E-state index in [1.165, 1.54) is 4.80 Å². The maximum Gasteiger partial charge on any atom is 0.253 e. The third-order valence-corrected chi connectivity index (χ3v) is 5.65. The molecule has 0 spiro atoms. The van der Waals surface area contributed by atoms with Gasteiger partial charge in [0.25, 0.3) is 5.91 Å². The van der Waals surface area contributed by atoms with Gasteiger partial charge in [-0.3, -0.25) is 9.78 Å². The van der Waals surface area contributed by atoms with Gasteiger partial charge in [0, 0.05) is 12.1 Å². The summed E-state index contributed by atoms with van der Waals surface area (Å²) in [6.07, 6.45) is 7.85. The number of rotatable bonds is 5. The van der Waals surface area contributed by atoms with Gasteiger partial charge >= 0.3 is 0 Å². The number of para-hydroxylation sites is 2. The van der Waals surface area contributed by atoms with Crippen LogP contribution < -0.4 is 10.6 Å². The first kappa shape index (κ1) is 19.2. The summed E-state index contributed by atoms with van der Waals surface area (Å²) in [6, 6.07) is 13.6. The maximum absolute atomic E-state index is 13.2. The number of aryl methyl sites for hydroxylation is 1. The van der Waals surface area contributed by atoms with E-state index in [-0.39, 0.29) is 18.0 Å². The minimum atomic E-state index is -0.126. The van der Waals surface area contributed by atoms with Crippen molar-refractivity contribution in [1.29, 1.82) is 0 Å². The van der Waals surface area contributed by atoms with E-state index in [2.05, 4.69) is 30.8 Å². The van der Waals surface area contributed by atoms with Crippen molar-refractivity contribution in [2.24, 2.45) is 0 Å². The SMILES string of the molecule is Cc1ccc(-n2nccn2)c(C(=O)N[C@H]2CCC[C@@H]2Nc2cnc3ccccc3n2)c1. The fourth-order valence-corrected chi connectivity index (χ4v) is 4.11. The predicted octanol–water partition coefficient (Wildman–Crippen LogP) is 3.28. The number of hydrogen-bond acceptors (Lipinski definition) is 6. The lowest BCUT2D eigenvalue weighted by molar-refractivity contribution is 0.0935. The monoisotopic (exact) mass is 413 g/mol. The second-order valence-electron chi connectivity index (χ2n) is 7.84. The largest absolute Gasteiger partial charge is 0.364 e. The van der Waals surface area contributed by atoms with Crippen LogP contribution in [0.3, 0.4) is 0 Å². The van der Waals surface area contributed by atoms with E-state index in [9.17, 15) is 4.79 Å². The van der Waals surface area contributed by atoms with Crippen LogP contribution in [0, 0.1) is 6.92 Å². The van der Waals surface area contributed by atoms with Gasteiger partial charge in [0.05, 0.1) is 40.9 Å². The molecule has 8 nitrogen and oxygen atoms in total. The fourth-order valence-electron chi connectivity index (χ4n) is 4.11. The first-order chi connectivity index (χ1) is 15.2. The highest BCUT2D eigenvalue weighted by Gasteiger charge is 2.30. The molecule has 2 aromatic heterocycles. The normalized spacial score (nSPS) is 18.2. The maximum atomic E-state index is 13.2. The van der Waals surface area contributed by atoms with Gasteiger partial charge in [-0.25, -0.2) is 4.98 Å². The number of amides is 1. The minimum absolute atomic E-state index is 0.000266. The molecule has 5 rings (SSSR count). The van der Waals surface area contributed by atoms with Crippen LogP contribution in [0.1, 0.15) is 35.2 Å². The summed E-state index contributed by atoms with van der Waals surface area (Å²) in [5.74, 6) is 0.598. The molecule has 0 radical (unpaired) electrons. The fraction of sp³-hybridized carbons (Fsp3) is 0.261. The van der Waals surface area contributed by atoms with E-state index in [4.69, 9.17) is 0 Å². The zero-order chi connectivity index (χ0) is 21.2. The number of anilines is 1. The summed E-state index contributed by atoms with van der Waals surface area (Å²) in [5, 5.41) is 15.1. The van der Waals surface area contributed by atoms with Gasteiger partial charge in [0.1, 0.15) is 5.82 Å². The van der Waals surface area contributed by atoms with Gasteiger partial charge in [-0.05, 0) is 50.5 Å². The lowest BCUT2D eigenvalue weighted by Gasteiger charge is -2.23. The molecular weight excluding hydrogens is 390 g/mol. The van der Waals surface area contributed by atoms with Gasteiger partial charge in [-0.15, -0.1) is 0 Å². The molecule has 4 aromatic rings. The van der Waals surface area contributed by atoms with Crippen molar-refractivity contribution in [2.75, 3.05) is 5.32 Å². The molecule has 0 bridgehead atoms. The number of carbonyl (C=O) groups is 1. The van der Waals surface area contributed by atoms with Crippen molar-refractivity contribution in [3.63, 3.8) is 0 Å². The smallest absolute Gasteiger partial charge is 0.253 e. The average Bonchev–Trinajstić information content (AvgIpc) is 3.46. The van der Waals surface area contributed by atoms with E-state index in [1.807, 2.05) is 49.4 Å². The number of nitrogens with one attached hydrogen (secondary N) is 2. The number of aromatic nitrogens is 5. The summed E-state index contributed by atoms with van der Waals surface area (Å²) in [6.45, 7) is 1.97. The Balaban J connectivity index is 1.35. The molecule has 31 heavy (non-hydrogen) atoms. The molecule has 0 unspecified atom stereocenters. The highest BCUT2D eigenvalue weighted by molar-refractivity contribution is 5.98. The van der Waals surface area contributed by atoms with Crippen molar-refractivity contribution in [3.05, 3.63) is 72.2 Å². The van der Waals surface area contributed by atoms with Crippen LogP contribution >= 0.6 is 0 Å². The standard InChI is InChI=1S/C23H23N7O/c1-15-9-10-21(30-25-11-12-26-30)16(13-15)23(31)29-20-8-4-7-19(20)28-22-14-24-17-5-2-3-6-18(17)27-22/h2-3,5-6,9-14,19-20H,4,7-8H2,1H3,(H,27,28)(H,29,31)/t19-,20-/m0/s1. The van der Waals surface area contributed by atoms with Gasteiger partial charge in [0.15, 0.2) is 0 Å². The molecule has 0 saturated heterocycles. The number of nitrogens with zero attached hydrogens (tertiary/aromatic N) is 5. The van der Waals surface area contributed by atoms with Crippen molar-refractivity contribution in [2.45, 2.75) is 38.3 Å². The lowest BCUT2D eigenvalue weighted by atomic mass is 10.1. The van der Waals surface area contributed by atoms with Crippen molar-refractivity contribution >= 4 is 22.8 Å². The number of carbonyl (C=O) groups excluding carboxylic acids is 1. The quantitative estimate of drug-likeness (QED) is 0.521. The highest BCUT2D eigenvalue weighted by atomic mass is 16.1. The van der Waals surface area contributed by atoms with E-state index >= 15 is 0 Å². The number of hydrogen-bond donors (Lipinski definition) is 2. The molecule has 2 heterocycles. The van der Waals surface area contributed by atoms with Crippen molar-refractivity contribution in [3.8, 4) is 5.69 Å². The Morgan fingerprint density at radius 3 is 2.65 bits per heavy atom. The van der Waals surface area contributed by atoms with Crippen LogP contribution in [0.25, 0.3) is 16.7 Å². The molecule has 1 saturated carbocycles. The second kappa shape index (κ2) is 8.14. The van der Waals surface area contributed by atoms with Crippen molar-refractivity contribution < 1.29 is 4.79 Å². The highest BCUT2D eigenvalue weighted by Crippen LogP contribution is 2.24. The molecule has 156 valence electrons. The molecular formula is C23H23N7O. The number of benzene rings is 2. The first-order valence-electron chi connectivity index (χ1n) is 10.4.